The van der Waals surface area contributed by atoms with Crippen molar-refractivity contribution in [1.29, 1.82) is 0 Å². The highest BCUT2D eigenvalue weighted by molar-refractivity contribution is 5.84. The van der Waals surface area contributed by atoms with E-state index < -0.39 is 5.79 Å². The molecule has 3 fully saturated rings. The summed E-state index contributed by atoms with van der Waals surface area (Å²) in [6.07, 6.45) is 4.89. The van der Waals surface area contributed by atoms with Gasteiger partial charge in [0.2, 0.25) is 5.91 Å². The Hall–Kier alpha value is -1.39. The molecule has 1 aromatic carbocycles. The van der Waals surface area contributed by atoms with Crippen LogP contribution in [0.4, 0.5) is 0 Å². The lowest BCUT2D eigenvalue weighted by Gasteiger charge is -2.58. The molecule has 3 aliphatic rings. The maximum Gasteiger partial charge on any atom is 0.227 e. The molecule has 3 atom stereocenters. The molecular weight excluding hydrogens is 290 g/mol. The second kappa shape index (κ2) is 5.60. The van der Waals surface area contributed by atoms with Crippen molar-refractivity contribution in [2.45, 2.75) is 50.9 Å². The molecule has 0 unspecified atom stereocenters. The Morgan fingerprint density at radius 1 is 1.17 bits per heavy atom. The molecule has 4 rings (SSSR count). The molecule has 1 spiro atoms. The minimum absolute atomic E-state index is 0.0302. The first kappa shape index (κ1) is 15.2. The molecule has 2 saturated carbocycles. The van der Waals surface area contributed by atoms with Gasteiger partial charge in [0, 0.05) is 12.3 Å². The molecule has 0 bridgehead atoms. The quantitative estimate of drug-likeness (QED) is 0.932. The van der Waals surface area contributed by atoms with E-state index in [-0.39, 0.29) is 23.3 Å². The van der Waals surface area contributed by atoms with Gasteiger partial charge in [0.1, 0.15) is 0 Å². The van der Waals surface area contributed by atoms with Crippen molar-refractivity contribution in [2.75, 3.05) is 13.2 Å². The number of benzene rings is 1. The van der Waals surface area contributed by atoms with Gasteiger partial charge in [-0.05, 0) is 38.2 Å². The van der Waals surface area contributed by atoms with Crippen molar-refractivity contribution in [3.05, 3.63) is 35.9 Å². The number of nitrogens with one attached hydrogen (secondary N) is 1. The average Bonchev–Trinajstić information content (AvgIpc) is 2.99. The average molecular weight is 315 g/mol. The fourth-order valence-corrected chi connectivity index (χ4v) is 4.77. The van der Waals surface area contributed by atoms with Gasteiger partial charge in [0.05, 0.1) is 24.7 Å². The van der Waals surface area contributed by atoms with E-state index in [2.05, 4.69) is 24.4 Å². The van der Waals surface area contributed by atoms with Crippen molar-refractivity contribution < 1.29 is 14.3 Å². The molecule has 1 saturated heterocycles. The summed E-state index contributed by atoms with van der Waals surface area (Å²) in [7, 11) is 0. The van der Waals surface area contributed by atoms with Crippen LogP contribution in [-0.2, 0) is 14.3 Å². The van der Waals surface area contributed by atoms with Crippen LogP contribution in [0.1, 0.15) is 50.6 Å². The summed E-state index contributed by atoms with van der Waals surface area (Å²) in [4.78, 5) is 13.1. The van der Waals surface area contributed by atoms with Crippen molar-refractivity contribution in [2.24, 2.45) is 11.3 Å². The van der Waals surface area contributed by atoms with E-state index >= 15 is 0 Å². The predicted molar refractivity (Wildman–Crippen MR) is 86.6 cm³/mol. The molecule has 0 radical (unpaired) electrons. The van der Waals surface area contributed by atoms with Crippen LogP contribution in [0, 0.1) is 11.3 Å². The standard InChI is InChI=1S/C19H25NO3/c1-14(15-6-3-2-4-7-15)20-17(21)18-9-5-10-19(16(18)8-11-18)22-12-13-23-19/h2-4,6-7,14,16H,5,8-13H2,1H3,(H,20,21)/t14-,16-,18-/m0/s1. The maximum absolute atomic E-state index is 13.1. The Bertz CT molecular complexity index is 582. The molecule has 1 heterocycles. The summed E-state index contributed by atoms with van der Waals surface area (Å²) in [5.74, 6) is -0.0819. The zero-order chi connectivity index (χ0) is 15.9. The van der Waals surface area contributed by atoms with Crippen LogP contribution < -0.4 is 5.32 Å². The molecule has 124 valence electrons. The van der Waals surface area contributed by atoms with Gasteiger partial charge in [-0.15, -0.1) is 0 Å². The molecule has 1 N–H and O–H groups in total. The smallest absolute Gasteiger partial charge is 0.227 e. The van der Waals surface area contributed by atoms with E-state index in [1.165, 1.54) is 0 Å². The molecule has 4 nitrogen and oxygen atoms in total. The lowest BCUT2D eigenvalue weighted by atomic mass is 9.51. The molecule has 0 aromatic heterocycles. The van der Waals surface area contributed by atoms with Gasteiger partial charge >= 0.3 is 0 Å². The fraction of sp³-hybridized carbons (Fsp3) is 0.632. The first-order valence-corrected chi connectivity index (χ1v) is 8.80. The van der Waals surface area contributed by atoms with Gasteiger partial charge in [-0.3, -0.25) is 4.79 Å². The van der Waals surface area contributed by atoms with Crippen molar-refractivity contribution in [1.82, 2.24) is 5.32 Å². The van der Waals surface area contributed by atoms with Gasteiger partial charge in [-0.1, -0.05) is 30.3 Å². The van der Waals surface area contributed by atoms with Gasteiger partial charge in [-0.25, -0.2) is 0 Å². The van der Waals surface area contributed by atoms with E-state index in [1.54, 1.807) is 0 Å². The number of hydrogen-bond donors (Lipinski definition) is 1. The monoisotopic (exact) mass is 315 g/mol. The highest BCUT2D eigenvalue weighted by Crippen LogP contribution is 2.61. The van der Waals surface area contributed by atoms with E-state index in [0.717, 1.165) is 37.7 Å². The maximum atomic E-state index is 13.1. The normalized spacial score (nSPS) is 32.8. The van der Waals surface area contributed by atoms with Crippen LogP contribution in [0.3, 0.4) is 0 Å². The van der Waals surface area contributed by atoms with Crippen LogP contribution in [0.2, 0.25) is 0 Å². The molecule has 4 heteroatoms. The van der Waals surface area contributed by atoms with E-state index in [1.807, 2.05) is 18.2 Å². The number of fused-ring (bicyclic) bond motifs is 2. The Labute approximate surface area is 137 Å². The topological polar surface area (TPSA) is 47.6 Å². The molecule has 1 aliphatic heterocycles. The number of carbonyl (C=O) groups is 1. The highest BCUT2D eigenvalue weighted by atomic mass is 16.7. The fourth-order valence-electron chi connectivity index (χ4n) is 4.77. The van der Waals surface area contributed by atoms with Crippen molar-refractivity contribution >= 4 is 5.91 Å². The lowest BCUT2D eigenvalue weighted by Crippen LogP contribution is -2.63. The minimum atomic E-state index is -0.482. The third-order valence-electron chi connectivity index (χ3n) is 6.10. The first-order valence-electron chi connectivity index (χ1n) is 8.80. The van der Waals surface area contributed by atoms with Crippen molar-refractivity contribution in [3.63, 3.8) is 0 Å². The molecule has 1 amide bonds. The first-order chi connectivity index (χ1) is 11.2. The lowest BCUT2D eigenvalue weighted by molar-refractivity contribution is -0.270. The van der Waals surface area contributed by atoms with Crippen molar-refractivity contribution in [3.8, 4) is 0 Å². The van der Waals surface area contributed by atoms with E-state index in [4.69, 9.17) is 9.47 Å². The van der Waals surface area contributed by atoms with Crippen LogP contribution in [-0.4, -0.2) is 24.9 Å². The zero-order valence-electron chi connectivity index (χ0n) is 13.7. The minimum Gasteiger partial charge on any atom is -0.349 e. The predicted octanol–water partition coefficient (Wildman–Crippen LogP) is 3.19. The third-order valence-corrected chi connectivity index (χ3v) is 6.10. The molecule has 23 heavy (non-hydrogen) atoms. The number of rotatable bonds is 3. The van der Waals surface area contributed by atoms with Gasteiger partial charge in [0.15, 0.2) is 5.79 Å². The molecule has 2 aliphatic carbocycles. The Balaban J connectivity index is 1.51. The molecular formula is C19H25NO3. The highest BCUT2D eigenvalue weighted by Gasteiger charge is 2.65. The third kappa shape index (κ3) is 2.31. The summed E-state index contributed by atoms with van der Waals surface area (Å²) in [5.41, 5.74) is 0.859. The second-order valence-electron chi connectivity index (χ2n) is 7.22. The summed E-state index contributed by atoms with van der Waals surface area (Å²) < 4.78 is 12.0. The Morgan fingerprint density at radius 2 is 1.91 bits per heavy atom. The van der Waals surface area contributed by atoms with Crippen LogP contribution in [0.25, 0.3) is 0 Å². The van der Waals surface area contributed by atoms with E-state index in [0.29, 0.717) is 13.2 Å². The number of hydrogen-bond acceptors (Lipinski definition) is 3. The van der Waals surface area contributed by atoms with Gasteiger partial charge in [-0.2, -0.15) is 0 Å². The van der Waals surface area contributed by atoms with Crippen LogP contribution in [0.5, 0.6) is 0 Å². The number of ether oxygens (including phenoxy) is 2. The largest absolute Gasteiger partial charge is 0.349 e. The Morgan fingerprint density at radius 3 is 2.57 bits per heavy atom. The summed E-state index contributed by atoms with van der Waals surface area (Å²) in [6, 6.07) is 10.2. The van der Waals surface area contributed by atoms with Crippen LogP contribution in [0.15, 0.2) is 30.3 Å². The van der Waals surface area contributed by atoms with Crippen LogP contribution >= 0.6 is 0 Å². The number of amides is 1. The summed E-state index contributed by atoms with van der Waals surface area (Å²) >= 11 is 0. The molecule has 1 aromatic rings. The second-order valence-corrected chi connectivity index (χ2v) is 7.22. The van der Waals surface area contributed by atoms with Gasteiger partial charge in [0.25, 0.3) is 0 Å². The SMILES string of the molecule is C[C@H](NC(=O)[C@]12CCCC3(OCCO3)[C@H]1CC2)c1ccccc1. The van der Waals surface area contributed by atoms with E-state index in [9.17, 15) is 4.79 Å². The summed E-state index contributed by atoms with van der Waals surface area (Å²) in [6.45, 7) is 3.38. The Kier molecular flexibility index (Phi) is 3.69. The summed E-state index contributed by atoms with van der Waals surface area (Å²) in [5, 5.41) is 3.24. The zero-order valence-corrected chi connectivity index (χ0v) is 13.7. The van der Waals surface area contributed by atoms with Gasteiger partial charge < -0.3 is 14.8 Å². The number of carbonyl (C=O) groups excluding carboxylic acids is 1.